The first-order valence-corrected chi connectivity index (χ1v) is 29.6. The first-order valence-electron chi connectivity index (χ1n) is 28.4. The highest BCUT2D eigenvalue weighted by atomic mass is 32.2. The van der Waals surface area contributed by atoms with Gasteiger partial charge in [0.25, 0.3) is 11.8 Å². The van der Waals surface area contributed by atoms with E-state index in [0.717, 1.165) is 55.2 Å². The third-order valence-electron chi connectivity index (χ3n) is 16.5. The van der Waals surface area contributed by atoms with E-state index in [1.165, 1.54) is 39.9 Å². The summed E-state index contributed by atoms with van der Waals surface area (Å²) >= 11 is 1.49. The van der Waals surface area contributed by atoms with E-state index in [9.17, 15) is 38.4 Å². The van der Waals surface area contributed by atoms with Crippen molar-refractivity contribution in [2.24, 2.45) is 11.3 Å². The van der Waals surface area contributed by atoms with Gasteiger partial charge in [-0.25, -0.2) is 0 Å². The molecule has 0 saturated carbocycles. The molecule has 2 aliphatic carbocycles. The van der Waals surface area contributed by atoms with Crippen LogP contribution in [0, 0.1) is 11.3 Å². The molecule has 9 atom stereocenters. The zero-order valence-corrected chi connectivity index (χ0v) is 49.4. The molecule has 81 heavy (non-hydrogen) atoms. The Balaban J connectivity index is 1.02. The van der Waals surface area contributed by atoms with Gasteiger partial charge in [0, 0.05) is 47.0 Å². The van der Waals surface area contributed by atoms with Crippen molar-refractivity contribution in [1.29, 1.82) is 0 Å². The predicted molar refractivity (Wildman–Crippen MR) is 318 cm³/mol. The number of likely N-dealkylation sites (N-methyl/N-ethyl adjacent to an activating group) is 2. The van der Waals surface area contributed by atoms with Crippen molar-refractivity contribution in [2.75, 3.05) is 32.2 Å². The molecule has 3 aliphatic rings. The van der Waals surface area contributed by atoms with Gasteiger partial charge in [-0.15, -0.1) is 0 Å². The molecule has 1 fully saturated rings. The van der Waals surface area contributed by atoms with Crippen LogP contribution in [0.5, 0.6) is 0 Å². The Morgan fingerprint density at radius 1 is 0.642 bits per heavy atom. The fraction of sp³-hybridized carbons (Fsp3) is 0.492. The summed E-state index contributed by atoms with van der Waals surface area (Å²) in [6.45, 7) is 12.9. The number of anilines is 1. The van der Waals surface area contributed by atoms with Gasteiger partial charge in [-0.2, -0.15) is 11.8 Å². The molecule has 434 valence electrons. The van der Waals surface area contributed by atoms with Crippen LogP contribution in [0.25, 0.3) is 0 Å². The number of Topliss-reactive ketones (excluding diaryl/α,β-unsaturated/α-hetero) is 1. The second-order valence-corrected chi connectivity index (χ2v) is 25.0. The highest BCUT2D eigenvalue weighted by Gasteiger charge is 2.46. The number of hydrogen-bond acceptors (Lipinski definition) is 11. The Bertz CT molecular complexity index is 2920. The van der Waals surface area contributed by atoms with Crippen molar-refractivity contribution in [3.63, 3.8) is 0 Å². The standard InChI is InChI=1S/C63H83N9O8S/c1-37(64-8)53(73)35-48(63(6,7)81-10)58(77)70-51(59(78)68-49-23-15-19-40-17-11-13-21-46(40)49)33-39-25-31-44(32-26-39)66-56(75)42-27-29-43(30-28-42)57(76)67-45-34-52(60(79)69-50-24-16-20-41-18-12-14-22-47(41)50)72(36-45)61(80)54(62(3,4)5)71-55(74)38(2)65-9/h11-14,17-18,21-22,25-32,37-38,45,48-52,54,64-65H,15-16,19-20,23-24,33-36H2,1-10H3,(H,66,75)(H,67,76)(H,68,78)(H,69,79)(H,70,77)(H,71,74)/t37-,38-,45?,48+,49?,50?,51-,52-,54+/m0/s1. The molecule has 1 saturated heterocycles. The van der Waals surface area contributed by atoms with Crippen LogP contribution in [0.3, 0.4) is 0 Å². The second-order valence-electron chi connectivity index (χ2n) is 23.6. The number of hydrogen-bond donors (Lipinski definition) is 8. The van der Waals surface area contributed by atoms with Gasteiger partial charge >= 0.3 is 0 Å². The summed E-state index contributed by atoms with van der Waals surface area (Å²) in [5.74, 6) is -3.55. The van der Waals surface area contributed by atoms with E-state index in [4.69, 9.17) is 0 Å². The van der Waals surface area contributed by atoms with E-state index in [0.29, 0.717) is 5.69 Å². The topological polar surface area (TPSA) is 236 Å². The lowest BCUT2D eigenvalue weighted by molar-refractivity contribution is -0.144. The van der Waals surface area contributed by atoms with E-state index < -0.39 is 70.1 Å². The minimum Gasteiger partial charge on any atom is -0.347 e. The lowest BCUT2D eigenvalue weighted by Crippen LogP contribution is -2.59. The van der Waals surface area contributed by atoms with Crippen LogP contribution in [-0.4, -0.2) is 120 Å². The summed E-state index contributed by atoms with van der Waals surface area (Å²) in [5.41, 5.74) is 5.50. The predicted octanol–water partition coefficient (Wildman–Crippen LogP) is 6.52. The molecule has 4 aromatic rings. The Hall–Kier alpha value is -6.89. The molecular formula is C63H83N9O8S. The van der Waals surface area contributed by atoms with Crippen LogP contribution >= 0.6 is 11.8 Å². The quantitative estimate of drug-likeness (QED) is 0.0422. The normalized spacial score (nSPS) is 19.7. The number of amides is 7. The van der Waals surface area contributed by atoms with Crippen molar-refractivity contribution in [2.45, 2.75) is 159 Å². The molecule has 0 spiro atoms. The van der Waals surface area contributed by atoms with Crippen molar-refractivity contribution in [1.82, 2.24) is 42.1 Å². The highest BCUT2D eigenvalue weighted by Crippen LogP contribution is 2.35. The molecular weight excluding hydrogens is 1040 g/mol. The van der Waals surface area contributed by atoms with Gasteiger partial charge in [0.05, 0.1) is 30.1 Å². The number of benzene rings is 4. The summed E-state index contributed by atoms with van der Waals surface area (Å²) in [5, 5.41) is 24.2. The van der Waals surface area contributed by atoms with Gasteiger partial charge in [-0.3, -0.25) is 38.4 Å². The molecule has 7 rings (SSSR count). The van der Waals surface area contributed by atoms with Gasteiger partial charge in [-0.1, -0.05) is 81.4 Å². The number of rotatable bonds is 22. The molecule has 17 nitrogen and oxygen atoms in total. The van der Waals surface area contributed by atoms with Crippen LogP contribution < -0.4 is 42.5 Å². The smallest absolute Gasteiger partial charge is 0.255 e. The first kappa shape index (κ1) is 61.7. The minimum absolute atomic E-state index is 0.00285. The van der Waals surface area contributed by atoms with Crippen LogP contribution in [0.2, 0.25) is 0 Å². The zero-order valence-electron chi connectivity index (χ0n) is 48.6. The molecule has 8 N–H and O–H groups in total. The molecule has 0 radical (unpaired) electrons. The fourth-order valence-corrected chi connectivity index (χ4v) is 11.5. The third kappa shape index (κ3) is 15.6. The zero-order chi connectivity index (χ0) is 58.8. The van der Waals surface area contributed by atoms with Crippen molar-refractivity contribution in [3.05, 3.63) is 136 Å². The molecule has 1 heterocycles. The van der Waals surface area contributed by atoms with Gasteiger partial charge in [-0.05, 0) is 163 Å². The molecule has 18 heteroatoms. The van der Waals surface area contributed by atoms with Gasteiger partial charge in [0.15, 0.2) is 0 Å². The Labute approximate surface area is 481 Å². The maximum Gasteiger partial charge on any atom is 0.255 e. The molecule has 1 aliphatic heterocycles. The molecule has 0 bridgehead atoms. The van der Waals surface area contributed by atoms with E-state index in [1.807, 2.05) is 77.3 Å². The van der Waals surface area contributed by atoms with Crippen LogP contribution in [-0.2, 0) is 48.0 Å². The Kier molecular flexibility index (Phi) is 20.8. The lowest BCUT2D eigenvalue weighted by atomic mass is 9.85. The largest absolute Gasteiger partial charge is 0.347 e. The summed E-state index contributed by atoms with van der Waals surface area (Å²) in [6.07, 6.45) is 7.32. The van der Waals surface area contributed by atoms with Crippen molar-refractivity contribution in [3.8, 4) is 0 Å². The number of likely N-dealkylation sites (tertiary alicyclic amines) is 1. The fourth-order valence-electron chi connectivity index (χ4n) is 11.0. The van der Waals surface area contributed by atoms with E-state index in [1.54, 1.807) is 64.3 Å². The third-order valence-corrected chi connectivity index (χ3v) is 17.9. The van der Waals surface area contributed by atoms with Crippen LogP contribution in [0.1, 0.15) is 148 Å². The van der Waals surface area contributed by atoms with E-state index in [-0.39, 0.29) is 78.4 Å². The van der Waals surface area contributed by atoms with Gasteiger partial charge in [0.2, 0.25) is 29.5 Å². The molecule has 7 amide bonds. The average molecular weight is 1130 g/mol. The van der Waals surface area contributed by atoms with Gasteiger partial charge in [0.1, 0.15) is 23.9 Å². The number of aryl methyl sites for hydroxylation is 2. The number of carbonyl (C=O) groups is 8. The molecule has 3 unspecified atom stereocenters. The Morgan fingerprint density at radius 3 is 1.75 bits per heavy atom. The van der Waals surface area contributed by atoms with E-state index in [2.05, 4.69) is 54.7 Å². The van der Waals surface area contributed by atoms with Crippen LogP contribution in [0.15, 0.2) is 97.1 Å². The van der Waals surface area contributed by atoms with E-state index >= 15 is 0 Å². The SMILES string of the molecule is CN[C@@H](C)C(=O)C[C@H](C(=O)N[C@@H](Cc1ccc(NC(=O)c2ccc(C(=O)NC3C[C@@H](C(=O)NC4CCCc5ccccc54)N(C(=O)[C@@H](NC(=O)[C@H](C)NC)C(C)(C)C)C3)cc2)cc1)C(=O)NC1CCCc2ccccc21)C(C)(C)SC. The monoisotopic (exact) mass is 1130 g/mol. The van der Waals surface area contributed by atoms with Crippen LogP contribution in [0.4, 0.5) is 5.69 Å². The maximum atomic E-state index is 14.6. The lowest BCUT2D eigenvalue weighted by Gasteiger charge is -2.36. The number of carbonyl (C=O) groups excluding carboxylic acids is 8. The summed E-state index contributed by atoms with van der Waals surface area (Å²) < 4.78 is -0.623. The van der Waals surface area contributed by atoms with Gasteiger partial charge < -0.3 is 47.4 Å². The number of thioether (sulfide) groups is 1. The molecule has 4 aromatic carbocycles. The molecule has 0 aromatic heterocycles. The average Bonchev–Trinajstić information content (AvgIpc) is 4.13. The Morgan fingerprint density at radius 2 is 1.20 bits per heavy atom. The first-order chi connectivity index (χ1) is 38.5. The highest BCUT2D eigenvalue weighted by molar-refractivity contribution is 8.00. The summed E-state index contributed by atoms with van der Waals surface area (Å²) in [7, 11) is 3.36. The van der Waals surface area contributed by atoms with Crippen molar-refractivity contribution >= 4 is 64.6 Å². The summed E-state index contributed by atoms with van der Waals surface area (Å²) in [6, 6.07) is 24.3. The second kappa shape index (κ2) is 27.3. The number of nitrogens with one attached hydrogen (secondary N) is 8. The number of ketones is 1. The summed E-state index contributed by atoms with van der Waals surface area (Å²) in [4.78, 5) is 113. The minimum atomic E-state index is -0.979. The van der Waals surface area contributed by atoms with Crippen molar-refractivity contribution < 1.29 is 38.4 Å². The maximum absolute atomic E-state index is 14.6. The number of fused-ring (bicyclic) bond motifs is 2. The number of nitrogens with zero attached hydrogens (tertiary/aromatic N) is 1.